The number of benzene rings is 2. The molecule has 0 heterocycles. The van der Waals surface area contributed by atoms with Crippen LogP contribution in [0.2, 0.25) is 0 Å². The molecule has 2 aromatic rings. The third kappa shape index (κ3) is 5.37. The number of rotatable bonds is 7. The molecule has 0 aliphatic rings. The van der Waals surface area contributed by atoms with Gasteiger partial charge in [-0.3, -0.25) is 4.79 Å². The van der Waals surface area contributed by atoms with Crippen molar-refractivity contribution in [3.63, 3.8) is 0 Å². The molecule has 0 bridgehead atoms. The molecule has 0 saturated heterocycles. The zero-order chi connectivity index (χ0) is 14.2. The van der Waals surface area contributed by atoms with Gasteiger partial charge in [0.25, 0.3) is 0 Å². The molecule has 21 heavy (non-hydrogen) atoms. The molecule has 0 unspecified atom stereocenters. The lowest BCUT2D eigenvalue weighted by Gasteiger charge is -2.08. The van der Waals surface area contributed by atoms with Gasteiger partial charge in [-0.1, -0.05) is 49.2 Å². The molecule has 114 valence electrons. The molecule has 0 aliphatic heterocycles. The van der Waals surface area contributed by atoms with E-state index in [1.807, 2.05) is 30.3 Å². The van der Waals surface area contributed by atoms with Crippen LogP contribution >= 0.6 is 12.4 Å². The van der Waals surface area contributed by atoms with E-state index in [1.165, 1.54) is 0 Å². The highest BCUT2D eigenvalue weighted by Crippen LogP contribution is 2.23. The molecule has 0 saturated carbocycles. The Morgan fingerprint density at radius 3 is 2.48 bits per heavy atom. The number of halogens is 1. The van der Waals surface area contributed by atoms with Gasteiger partial charge in [-0.2, -0.15) is 0 Å². The summed E-state index contributed by atoms with van der Waals surface area (Å²) in [5.41, 5.74) is 6.34. The van der Waals surface area contributed by atoms with Crippen molar-refractivity contribution in [3.8, 4) is 0 Å². The molecule has 0 aromatic heterocycles. The van der Waals surface area contributed by atoms with Gasteiger partial charge in [0.05, 0.1) is 0 Å². The number of unbranched alkanes of at least 4 members (excludes halogenated alkanes) is 3. The summed E-state index contributed by atoms with van der Waals surface area (Å²) < 4.78 is 0. The maximum Gasteiger partial charge on any atom is 0.224 e. The molecule has 0 radical (unpaired) electrons. The number of carbonyl (C=O) groups excluding carboxylic acids is 1. The molecule has 2 rings (SSSR count). The molecule has 0 aliphatic carbocycles. The monoisotopic (exact) mass is 306 g/mol. The second kappa shape index (κ2) is 9.37. The van der Waals surface area contributed by atoms with E-state index < -0.39 is 0 Å². The van der Waals surface area contributed by atoms with E-state index in [0.717, 1.165) is 48.7 Å². The van der Waals surface area contributed by atoms with Crippen molar-refractivity contribution in [1.29, 1.82) is 0 Å². The zero-order valence-electron chi connectivity index (χ0n) is 12.2. The highest BCUT2D eigenvalue weighted by molar-refractivity contribution is 6.02. The predicted octanol–water partition coefficient (Wildman–Crippen LogP) is 4.11. The number of carbonyl (C=O) groups is 1. The van der Waals surface area contributed by atoms with Crippen molar-refractivity contribution in [2.45, 2.75) is 32.1 Å². The van der Waals surface area contributed by atoms with Crippen LogP contribution in [0.1, 0.15) is 32.1 Å². The van der Waals surface area contributed by atoms with Crippen molar-refractivity contribution in [1.82, 2.24) is 0 Å². The third-order valence-electron chi connectivity index (χ3n) is 3.42. The van der Waals surface area contributed by atoms with Crippen LogP contribution in [0.3, 0.4) is 0 Å². The summed E-state index contributed by atoms with van der Waals surface area (Å²) in [6, 6.07) is 14.1. The second-order valence-corrected chi connectivity index (χ2v) is 5.03. The van der Waals surface area contributed by atoms with E-state index in [0.29, 0.717) is 6.42 Å². The van der Waals surface area contributed by atoms with E-state index in [4.69, 9.17) is 5.73 Å². The van der Waals surface area contributed by atoms with Gasteiger partial charge in [0.2, 0.25) is 5.91 Å². The van der Waals surface area contributed by atoms with Crippen molar-refractivity contribution < 1.29 is 4.79 Å². The summed E-state index contributed by atoms with van der Waals surface area (Å²) in [5.74, 6) is 0.0918. The number of amides is 1. The summed E-state index contributed by atoms with van der Waals surface area (Å²) in [6.45, 7) is 0.738. The fourth-order valence-electron chi connectivity index (χ4n) is 2.33. The van der Waals surface area contributed by atoms with E-state index in [9.17, 15) is 4.79 Å². The van der Waals surface area contributed by atoms with Gasteiger partial charge >= 0.3 is 0 Å². The van der Waals surface area contributed by atoms with Crippen LogP contribution in [0, 0.1) is 0 Å². The number of hydrogen-bond donors (Lipinski definition) is 2. The molecule has 3 nitrogen and oxygen atoms in total. The number of nitrogens with one attached hydrogen (secondary N) is 1. The predicted molar refractivity (Wildman–Crippen MR) is 92.0 cm³/mol. The van der Waals surface area contributed by atoms with E-state index in [2.05, 4.69) is 17.4 Å². The lowest BCUT2D eigenvalue weighted by molar-refractivity contribution is -0.116. The van der Waals surface area contributed by atoms with Gasteiger partial charge in [-0.05, 0) is 30.8 Å². The average Bonchev–Trinajstić information content (AvgIpc) is 2.47. The van der Waals surface area contributed by atoms with Crippen LogP contribution in [0.15, 0.2) is 42.5 Å². The Bertz CT molecular complexity index is 566. The van der Waals surface area contributed by atoms with Gasteiger partial charge < -0.3 is 11.1 Å². The Balaban J connectivity index is 0.00000220. The first-order valence-electron chi connectivity index (χ1n) is 7.29. The van der Waals surface area contributed by atoms with Crippen molar-refractivity contribution in [2.24, 2.45) is 5.73 Å². The summed E-state index contributed by atoms with van der Waals surface area (Å²) in [5, 5.41) is 5.25. The van der Waals surface area contributed by atoms with Crippen LogP contribution in [0.4, 0.5) is 5.69 Å². The Labute approximate surface area is 132 Å². The topological polar surface area (TPSA) is 55.1 Å². The van der Waals surface area contributed by atoms with Gasteiger partial charge in [0.1, 0.15) is 0 Å². The van der Waals surface area contributed by atoms with E-state index in [1.54, 1.807) is 0 Å². The van der Waals surface area contributed by atoms with E-state index >= 15 is 0 Å². The lowest BCUT2D eigenvalue weighted by Crippen LogP contribution is -2.11. The Kier molecular flexibility index (Phi) is 7.80. The minimum absolute atomic E-state index is 0. The number of nitrogens with two attached hydrogens (primary N) is 1. The van der Waals surface area contributed by atoms with E-state index in [-0.39, 0.29) is 18.3 Å². The molecule has 4 heteroatoms. The van der Waals surface area contributed by atoms with Gasteiger partial charge in [0, 0.05) is 17.5 Å². The zero-order valence-corrected chi connectivity index (χ0v) is 13.0. The van der Waals surface area contributed by atoms with Crippen LogP contribution in [-0.4, -0.2) is 12.5 Å². The molecule has 0 atom stereocenters. The molecular formula is C17H23ClN2O. The quantitative estimate of drug-likeness (QED) is 0.756. The first-order chi connectivity index (χ1) is 9.81. The summed E-state index contributed by atoms with van der Waals surface area (Å²) in [4.78, 5) is 12.0. The smallest absolute Gasteiger partial charge is 0.224 e. The van der Waals surface area contributed by atoms with Crippen LogP contribution in [0.5, 0.6) is 0 Å². The SMILES string of the molecule is Cl.NCCCCCCC(=O)Nc1cccc2ccccc12. The maximum absolute atomic E-state index is 12.0. The first kappa shape index (κ1) is 17.5. The Morgan fingerprint density at radius 1 is 0.952 bits per heavy atom. The van der Waals surface area contributed by atoms with Crippen molar-refractivity contribution >= 4 is 34.8 Å². The Morgan fingerprint density at radius 2 is 1.67 bits per heavy atom. The molecule has 0 fully saturated rings. The standard InChI is InChI=1S/C17H22N2O.ClH/c18-13-6-2-1-3-12-17(20)19-16-11-7-9-14-8-4-5-10-15(14)16;/h4-5,7-11H,1-3,6,12-13,18H2,(H,19,20);1H. The molecule has 0 spiro atoms. The number of anilines is 1. The molecular weight excluding hydrogens is 284 g/mol. The summed E-state index contributed by atoms with van der Waals surface area (Å²) in [6.07, 6.45) is 4.73. The molecule has 1 amide bonds. The minimum Gasteiger partial charge on any atom is -0.330 e. The fourth-order valence-corrected chi connectivity index (χ4v) is 2.33. The minimum atomic E-state index is 0. The van der Waals surface area contributed by atoms with Crippen molar-refractivity contribution in [2.75, 3.05) is 11.9 Å². The molecule has 2 aromatic carbocycles. The summed E-state index contributed by atoms with van der Waals surface area (Å²) >= 11 is 0. The largest absolute Gasteiger partial charge is 0.330 e. The lowest BCUT2D eigenvalue weighted by atomic mass is 10.1. The average molecular weight is 307 g/mol. The number of fused-ring (bicyclic) bond motifs is 1. The summed E-state index contributed by atoms with van der Waals surface area (Å²) in [7, 11) is 0. The molecule has 3 N–H and O–H groups in total. The van der Waals surface area contributed by atoms with Crippen LogP contribution in [0.25, 0.3) is 10.8 Å². The van der Waals surface area contributed by atoms with Gasteiger partial charge in [-0.15, -0.1) is 12.4 Å². The highest BCUT2D eigenvalue weighted by Gasteiger charge is 2.05. The third-order valence-corrected chi connectivity index (χ3v) is 3.42. The Hall–Kier alpha value is -1.58. The first-order valence-corrected chi connectivity index (χ1v) is 7.29. The normalized spacial score (nSPS) is 10.1. The van der Waals surface area contributed by atoms with Crippen LogP contribution in [-0.2, 0) is 4.79 Å². The fraction of sp³-hybridized carbons (Fsp3) is 0.353. The van der Waals surface area contributed by atoms with Crippen LogP contribution < -0.4 is 11.1 Å². The van der Waals surface area contributed by atoms with Gasteiger partial charge in [0.15, 0.2) is 0 Å². The second-order valence-electron chi connectivity index (χ2n) is 5.03. The number of hydrogen-bond acceptors (Lipinski definition) is 2. The maximum atomic E-state index is 12.0. The highest BCUT2D eigenvalue weighted by atomic mass is 35.5. The van der Waals surface area contributed by atoms with Crippen molar-refractivity contribution in [3.05, 3.63) is 42.5 Å². The van der Waals surface area contributed by atoms with Gasteiger partial charge in [-0.25, -0.2) is 0 Å².